The Kier molecular flexibility index (Phi) is 4.37. The second kappa shape index (κ2) is 5.80. The predicted molar refractivity (Wildman–Crippen MR) is 71.4 cm³/mol. The molecule has 2 aliphatic rings. The van der Waals surface area contributed by atoms with E-state index in [1.807, 2.05) is 18.5 Å². The predicted octanol–water partition coefficient (Wildman–Crippen LogP) is 1.86. The van der Waals surface area contributed by atoms with E-state index in [4.69, 9.17) is 0 Å². The van der Waals surface area contributed by atoms with E-state index in [1.165, 1.54) is 31.5 Å². The maximum atomic E-state index is 4.23. The van der Waals surface area contributed by atoms with Crippen molar-refractivity contribution in [2.75, 3.05) is 26.2 Å². The molecule has 3 nitrogen and oxygen atoms in total. The van der Waals surface area contributed by atoms with Crippen molar-refractivity contribution in [2.45, 2.75) is 18.9 Å². The number of halogens is 1. The van der Waals surface area contributed by atoms with Gasteiger partial charge < -0.3 is 5.32 Å². The second-order valence-corrected chi connectivity index (χ2v) is 4.94. The number of rotatable bonds is 3. The van der Waals surface area contributed by atoms with Gasteiger partial charge in [-0.1, -0.05) is 6.07 Å². The molecule has 0 radical (unpaired) electrons. The zero-order valence-corrected chi connectivity index (χ0v) is 10.8. The van der Waals surface area contributed by atoms with Gasteiger partial charge in [0.25, 0.3) is 0 Å². The van der Waals surface area contributed by atoms with Crippen LogP contribution in [0.25, 0.3) is 0 Å². The van der Waals surface area contributed by atoms with Crippen molar-refractivity contribution in [3.8, 4) is 0 Å². The van der Waals surface area contributed by atoms with E-state index in [0.29, 0.717) is 6.04 Å². The molecule has 94 valence electrons. The largest absolute Gasteiger partial charge is 0.314 e. The average Bonchev–Trinajstić information content (AvgIpc) is 3.15. The lowest BCUT2D eigenvalue weighted by Gasteiger charge is -2.36. The highest BCUT2D eigenvalue weighted by molar-refractivity contribution is 5.85. The third-order valence-electron chi connectivity index (χ3n) is 3.61. The molecule has 1 unspecified atom stereocenters. The van der Waals surface area contributed by atoms with Crippen LogP contribution in [0.5, 0.6) is 0 Å². The van der Waals surface area contributed by atoms with Crippen molar-refractivity contribution >= 4 is 12.4 Å². The molecular weight excluding hydrogens is 234 g/mol. The number of nitrogens with one attached hydrogen (secondary N) is 1. The summed E-state index contributed by atoms with van der Waals surface area (Å²) in [4.78, 5) is 6.86. The van der Waals surface area contributed by atoms with Crippen LogP contribution in [0.1, 0.15) is 24.4 Å². The number of pyridine rings is 1. The number of hydrogen-bond donors (Lipinski definition) is 1. The van der Waals surface area contributed by atoms with Crippen LogP contribution in [-0.4, -0.2) is 36.1 Å². The van der Waals surface area contributed by atoms with Gasteiger partial charge in [-0.15, -0.1) is 12.4 Å². The van der Waals surface area contributed by atoms with Gasteiger partial charge in [0, 0.05) is 44.6 Å². The van der Waals surface area contributed by atoms with Crippen molar-refractivity contribution in [2.24, 2.45) is 5.92 Å². The highest BCUT2D eigenvalue weighted by Gasteiger charge is 2.30. The molecule has 1 saturated heterocycles. The van der Waals surface area contributed by atoms with Crippen LogP contribution in [0.15, 0.2) is 24.5 Å². The van der Waals surface area contributed by atoms with Gasteiger partial charge in [-0.2, -0.15) is 0 Å². The molecule has 2 fully saturated rings. The van der Waals surface area contributed by atoms with Crippen LogP contribution in [0.3, 0.4) is 0 Å². The van der Waals surface area contributed by atoms with Gasteiger partial charge in [0.2, 0.25) is 0 Å². The SMILES string of the molecule is Cl.c1cncc(C2CNCCN2CC2CC2)c1. The Morgan fingerprint density at radius 3 is 3.00 bits per heavy atom. The Balaban J connectivity index is 0.00000108. The summed E-state index contributed by atoms with van der Waals surface area (Å²) >= 11 is 0. The molecule has 4 heteroatoms. The first-order valence-corrected chi connectivity index (χ1v) is 6.28. The second-order valence-electron chi connectivity index (χ2n) is 4.94. The molecule has 1 atom stereocenters. The third kappa shape index (κ3) is 3.18. The first kappa shape index (κ1) is 12.8. The molecule has 0 aromatic carbocycles. The normalized spacial score (nSPS) is 25.3. The molecular formula is C13H20ClN3. The molecule has 1 N–H and O–H groups in total. The summed E-state index contributed by atoms with van der Waals surface area (Å²) in [6.07, 6.45) is 6.73. The van der Waals surface area contributed by atoms with Gasteiger partial charge in [-0.3, -0.25) is 9.88 Å². The molecule has 1 aromatic heterocycles. The van der Waals surface area contributed by atoms with Crippen LogP contribution in [0, 0.1) is 5.92 Å². The summed E-state index contributed by atoms with van der Waals surface area (Å²) < 4.78 is 0. The van der Waals surface area contributed by atoms with Crippen molar-refractivity contribution in [3.63, 3.8) is 0 Å². The summed E-state index contributed by atoms with van der Waals surface area (Å²) in [6, 6.07) is 4.77. The Hall–Kier alpha value is -0.640. The van der Waals surface area contributed by atoms with Gasteiger partial charge in [-0.25, -0.2) is 0 Å². The fraction of sp³-hybridized carbons (Fsp3) is 0.615. The van der Waals surface area contributed by atoms with E-state index < -0.39 is 0 Å². The number of aromatic nitrogens is 1. The van der Waals surface area contributed by atoms with Gasteiger partial charge in [-0.05, 0) is 30.4 Å². The molecule has 1 aliphatic carbocycles. The summed E-state index contributed by atoms with van der Waals surface area (Å²) in [7, 11) is 0. The molecule has 1 aliphatic heterocycles. The van der Waals surface area contributed by atoms with E-state index in [9.17, 15) is 0 Å². The van der Waals surface area contributed by atoms with Gasteiger partial charge >= 0.3 is 0 Å². The quantitative estimate of drug-likeness (QED) is 0.891. The molecule has 3 rings (SSSR count). The standard InChI is InChI=1S/C13H19N3.ClH/c1-2-12(8-14-5-1)13-9-15-6-7-16(13)10-11-3-4-11;/h1-2,5,8,11,13,15H,3-4,6-7,9-10H2;1H. The number of piperazine rings is 1. The van der Waals surface area contributed by atoms with Crippen LogP contribution in [-0.2, 0) is 0 Å². The maximum absolute atomic E-state index is 4.23. The Bertz CT molecular complexity index is 340. The summed E-state index contributed by atoms with van der Waals surface area (Å²) in [5.74, 6) is 0.970. The first-order chi connectivity index (χ1) is 7.93. The van der Waals surface area contributed by atoms with Crippen LogP contribution in [0.4, 0.5) is 0 Å². The Morgan fingerprint density at radius 1 is 1.41 bits per heavy atom. The summed E-state index contributed by atoms with van der Waals surface area (Å²) in [5, 5.41) is 3.49. The van der Waals surface area contributed by atoms with Crippen LogP contribution >= 0.6 is 12.4 Å². The van der Waals surface area contributed by atoms with Crippen molar-refractivity contribution in [1.29, 1.82) is 0 Å². The molecule has 1 aromatic rings. The lowest BCUT2D eigenvalue weighted by molar-refractivity contribution is 0.155. The summed E-state index contributed by atoms with van der Waals surface area (Å²) in [6.45, 7) is 4.65. The van der Waals surface area contributed by atoms with Gasteiger partial charge in [0.15, 0.2) is 0 Å². The number of hydrogen-bond acceptors (Lipinski definition) is 3. The Morgan fingerprint density at radius 2 is 2.29 bits per heavy atom. The van der Waals surface area contributed by atoms with Crippen LogP contribution in [0.2, 0.25) is 0 Å². The van der Waals surface area contributed by atoms with E-state index in [-0.39, 0.29) is 12.4 Å². The van der Waals surface area contributed by atoms with Crippen LogP contribution < -0.4 is 5.32 Å². The first-order valence-electron chi connectivity index (χ1n) is 6.28. The zero-order valence-electron chi connectivity index (χ0n) is 10.0. The minimum absolute atomic E-state index is 0. The van der Waals surface area contributed by atoms with E-state index >= 15 is 0 Å². The Labute approximate surface area is 109 Å². The van der Waals surface area contributed by atoms with E-state index in [1.54, 1.807) is 0 Å². The molecule has 0 amide bonds. The molecule has 0 spiro atoms. The molecule has 17 heavy (non-hydrogen) atoms. The fourth-order valence-electron chi connectivity index (χ4n) is 2.50. The fourth-order valence-corrected chi connectivity index (χ4v) is 2.50. The van der Waals surface area contributed by atoms with Crippen molar-refractivity contribution in [1.82, 2.24) is 15.2 Å². The lowest BCUT2D eigenvalue weighted by atomic mass is 10.1. The van der Waals surface area contributed by atoms with Gasteiger partial charge in [0.1, 0.15) is 0 Å². The molecule has 2 heterocycles. The monoisotopic (exact) mass is 253 g/mol. The minimum Gasteiger partial charge on any atom is -0.314 e. The molecule has 1 saturated carbocycles. The van der Waals surface area contributed by atoms with E-state index in [2.05, 4.69) is 21.3 Å². The average molecular weight is 254 g/mol. The van der Waals surface area contributed by atoms with E-state index in [0.717, 1.165) is 19.0 Å². The van der Waals surface area contributed by atoms with Crippen molar-refractivity contribution < 1.29 is 0 Å². The zero-order chi connectivity index (χ0) is 10.8. The minimum atomic E-state index is 0. The van der Waals surface area contributed by atoms with Gasteiger partial charge in [0.05, 0.1) is 0 Å². The lowest BCUT2D eigenvalue weighted by Crippen LogP contribution is -2.46. The van der Waals surface area contributed by atoms with Crippen molar-refractivity contribution in [3.05, 3.63) is 30.1 Å². The highest BCUT2D eigenvalue weighted by Crippen LogP contribution is 2.33. The third-order valence-corrected chi connectivity index (χ3v) is 3.61. The highest BCUT2D eigenvalue weighted by atomic mass is 35.5. The molecule has 0 bridgehead atoms. The topological polar surface area (TPSA) is 28.2 Å². The number of nitrogens with zero attached hydrogens (tertiary/aromatic N) is 2. The maximum Gasteiger partial charge on any atom is 0.0488 e. The summed E-state index contributed by atoms with van der Waals surface area (Å²) in [5.41, 5.74) is 1.36. The smallest absolute Gasteiger partial charge is 0.0488 e.